The minimum atomic E-state index is -0.876. The Morgan fingerprint density at radius 1 is 1.35 bits per heavy atom. The maximum absolute atomic E-state index is 11.1. The van der Waals surface area contributed by atoms with Crippen LogP contribution in [-0.4, -0.2) is 41.8 Å². The van der Waals surface area contributed by atoms with Crippen molar-refractivity contribution in [1.82, 2.24) is 4.90 Å². The molecule has 1 N–H and O–H groups in total. The Hall–Kier alpha value is -1.39. The first kappa shape index (κ1) is 15.0. The Morgan fingerprint density at radius 2 is 1.95 bits per heavy atom. The lowest BCUT2D eigenvalue weighted by atomic mass is 9.93. The van der Waals surface area contributed by atoms with Gasteiger partial charge in [0.15, 0.2) is 6.10 Å². The summed E-state index contributed by atoms with van der Waals surface area (Å²) in [6.45, 7) is 10.2. The number of carboxylic acid groups (broad SMARTS) is 1. The number of hydrogen-bond donors (Lipinski definition) is 1. The SMILES string of the molecule is Cc1cc(C)c(C(C)N2CCOC(C(=O)O)C2)c(C)c1. The smallest absolute Gasteiger partial charge is 0.334 e. The van der Waals surface area contributed by atoms with Gasteiger partial charge >= 0.3 is 5.97 Å². The van der Waals surface area contributed by atoms with E-state index in [9.17, 15) is 4.79 Å². The van der Waals surface area contributed by atoms with E-state index in [2.05, 4.69) is 44.7 Å². The first-order valence-corrected chi connectivity index (χ1v) is 7.06. The topological polar surface area (TPSA) is 49.8 Å². The Balaban J connectivity index is 2.23. The van der Waals surface area contributed by atoms with Gasteiger partial charge in [-0.3, -0.25) is 4.90 Å². The highest BCUT2D eigenvalue weighted by Gasteiger charge is 2.30. The maximum atomic E-state index is 11.1. The lowest BCUT2D eigenvalue weighted by molar-refractivity contribution is -0.157. The Labute approximate surface area is 120 Å². The second-order valence-electron chi connectivity index (χ2n) is 5.68. The van der Waals surface area contributed by atoms with Gasteiger partial charge in [0.1, 0.15) is 0 Å². The van der Waals surface area contributed by atoms with Crippen molar-refractivity contribution in [2.24, 2.45) is 0 Å². The van der Waals surface area contributed by atoms with Crippen molar-refractivity contribution < 1.29 is 14.6 Å². The summed E-state index contributed by atoms with van der Waals surface area (Å²) >= 11 is 0. The van der Waals surface area contributed by atoms with Crippen LogP contribution >= 0.6 is 0 Å². The third kappa shape index (κ3) is 3.02. The van der Waals surface area contributed by atoms with E-state index in [0.29, 0.717) is 13.2 Å². The highest BCUT2D eigenvalue weighted by Crippen LogP contribution is 2.29. The van der Waals surface area contributed by atoms with Gasteiger partial charge in [-0.1, -0.05) is 17.7 Å². The number of ether oxygens (including phenoxy) is 1. The molecular formula is C16H23NO3. The number of aryl methyl sites for hydroxylation is 3. The van der Waals surface area contributed by atoms with Gasteiger partial charge in [0, 0.05) is 19.1 Å². The number of nitrogens with zero attached hydrogens (tertiary/aromatic N) is 1. The van der Waals surface area contributed by atoms with Gasteiger partial charge in [-0.2, -0.15) is 0 Å². The van der Waals surface area contributed by atoms with E-state index in [1.807, 2.05) is 0 Å². The summed E-state index contributed by atoms with van der Waals surface area (Å²) in [5.74, 6) is -0.876. The largest absolute Gasteiger partial charge is 0.479 e. The van der Waals surface area contributed by atoms with E-state index in [1.54, 1.807) is 0 Å². The molecule has 110 valence electrons. The molecule has 0 amide bonds. The van der Waals surface area contributed by atoms with Gasteiger partial charge < -0.3 is 9.84 Å². The quantitative estimate of drug-likeness (QED) is 0.922. The molecule has 4 heteroatoms. The van der Waals surface area contributed by atoms with E-state index in [1.165, 1.54) is 22.3 Å². The second kappa shape index (κ2) is 5.94. The van der Waals surface area contributed by atoms with Gasteiger partial charge in [-0.05, 0) is 44.4 Å². The summed E-state index contributed by atoms with van der Waals surface area (Å²) in [7, 11) is 0. The van der Waals surface area contributed by atoms with Gasteiger partial charge in [-0.15, -0.1) is 0 Å². The van der Waals surface area contributed by atoms with Crippen molar-refractivity contribution in [3.63, 3.8) is 0 Å². The van der Waals surface area contributed by atoms with E-state index < -0.39 is 12.1 Å². The van der Waals surface area contributed by atoms with Crippen LogP contribution in [0.5, 0.6) is 0 Å². The molecule has 1 fully saturated rings. The summed E-state index contributed by atoms with van der Waals surface area (Å²) in [5, 5.41) is 9.10. The summed E-state index contributed by atoms with van der Waals surface area (Å²) < 4.78 is 5.29. The zero-order valence-electron chi connectivity index (χ0n) is 12.6. The monoisotopic (exact) mass is 277 g/mol. The molecule has 0 radical (unpaired) electrons. The fourth-order valence-electron chi connectivity index (χ4n) is 3.20. The van der Waals surface area contributed by atoms with E-state index in [0.717, 1.165) is 6.54 Å². The summed E-state index contributed by atoms with van der Waals surface area (Å²) in [6.07, 6.45) is -0.711. The first-order chi connectivity index (χ1) is 9.40. The normalized spacial score (nSPS) is 21.7. The van der Waals surface area contributed by atoms with Crippen molar-refractivity contribution in [3.05, 3.63) is 34.4 Å². The zero-order valence-corrected chi connectivity index (χ0v) is 12.6. The minimum absolute atomic E-state index is 0.210. The van der Waals surface area contributed by atoms with Crippen LogP contribution in [-0.2, 0) is 9.53 Å². The lowest BCUT2D eigenvalue weighted by Gasteiger charge is -2.36. The number of hydrogen-bond acceptors (Lipinski definition) is 3. The molecular weight excluding hydrogens is 254 g/mol. The van der Waals surface area contributed by atoms with Gasteiger partial charge in [-0.25, -0.2) is 4.79 Å². The molecule has 2 rings (SSSR count). The summed E-state index contributed by atoms with van der Waals surface area (Å²) in [4.78, 5) is 13.3. The van der Waals surface area contributed by atoms with E-state index in [4.69, 9.17) is 9.84 Å². The molecule has 1 aromatic carbocycles. The number of aliphatic carboxylic acids is 1. The molecule has 20 heavy (non-hydrogen) atoms. The molecule has 2 unspecified atom stereocenters. The molecule has 0 aromatic heterocycles. The number of rotatable bonds is 3. The zero-order chi connectivity index (χ0) is 14.9. The Bertz CT molecular complexity index is 489. The predicted molar refractivity (Wildman–Crippen MR) is 78.0 cm³/mol. The summed E-state index contributed by atoms with van der Waals surface area (Å²) in [6, 6.07) is 4.59. The van der Waals surface area contributed by atoms with Crippen molar-refractivity contribution in [2.75, 3.05) is 19.7 Å². The van der Waals surface area contributed by atoms with E-state index in [-0.39, 0.29) is 6.04 Å². The molecule has 1 aliphatic rings. The molecule has 4 nitrogen and oxygen atoms in total. The highest BCUT2D eigenvalue weighted by molar-refractivity contribution is 5.72. The van der Waals surface area contributed by atoms with Crippen LogP contribution in [0.2, 0.25) is 0 Å². The molecule has 0 aliphatic carbocycles. The van der Waals surface area contributed by atoms with Crippen LogP contribution in [0, 0.1) is 20.8 Å². The molecule has 1 aromatic rings. The van der Waals surface area contributed by atoms with Crippen LogP contribution in [0.3, 0.4) is 0 Å². The van der Waals surface area contributed by atoms with E-state index >= 15 is 0 Å². The Kier molecular flexibility index (Phi) is 4.45. The highest BCUT2D eigenvalue weighted by atomic mass is 16.5. The van der Waals surface area contributed by atoms with Crippen LogP contribution < -0.4 is 0 Å². The Morgan fingerprint density at radius 3 is 2.50 bits per heavy atom. The lowest BCUT2D eigenvalue weighted by Crippen LogP contribution is -2.47. The molecule has 1 heterocycles. The fraction of sp³-hybridized carbons (Fsp3) is 0.562. The van der Waals surface area contributed by atoms with Crippen LogP contribution in [0.15, 0.2) is 12.1 Å². The number of benzene rings is 1. The van der Waals surface area contributed by atoms with Gasteiger partial charge in [0.25, 0.3) is 0 Å². The minimum Gasteiger partial charge on any atom is -0.479 e. The number of carbonyl (C=O) groups is 1. The molecule has 1 aliphatic heterocycles. The van der Waals surface area contributed by atoms with Crippen molar-refractivity contribution in [1.29, 1.82) is 0 Å². The standard InChI is InChI=1S/C16H23NO3/c1-10-7-11(2)15(12(3)8-10)13(4)17-5-6-20-14(9-17)16(18)19/h7-8,13-14H,5-6,9H2,1-4H3,(H,18,19). The maximum Gasteiger partial charge on any atom is 0.334 e. The van der Waals surface area contributed by atoms with Crippen LogP contribution in [0.25, 0.3) is 0 Å². The first-order valence-electron chi connectivity index (χ1n) is 7.06. The fourth-order valence-corrected chi connectivity index (χ4v) is 3.20. The molecule has 2 atom stereocenters. The molecule has 1 saturated heterocycles. The average molecular weight is 277 g/mol. The molecule has 0 spiro atoms. The average Bonchev–Trinajstić information content (AvgIpc) is 2.37. The third-order valence-corrected chi connectivity index (χ3v) is 4.08. The van der Waals surface area contributed by atoms with Crippen molar-refractivity contribution in [2.45, 2.75) is 39.8 Å². The predicted octanol–water partition coefficient (Wildman–Crippen LogP) is 2.46. The molecule has 0 saturated carbocycles. The third-order valence-electron chi connectivity index (χ3n) is 4.08. The van der Waals surface area contributed by atoms with Crippen molar-refractivity contribution >= 4 is 5.97 Å². The van der Waals surface area contributed by atoms with Gasteiger partial charge in [0.05, 0.1) is 6.61 Å². The number of carboxylic acids is 1. The van der Waals surface area contributed by atoms with Crippen LogP contribution in [0.1, 0.15) is 35.2 Å². The van der Waals surface area contributed by atoms with Crippen molar-refractivity contribution in [3.8, 4) is 0 Å². The number of morpholine rings is 1. The summed E-state index contributed by atoms with van der Waals surface area (Å²) in [5.41, 5.74) is 5.12. The van der Waals surface area contributed by atoms with Crippen LogP contribution in [0.4, 0.5) is 0 Å². The second-order valence-corrected chi connectivity index (χ2v) is 5.68. The molecule has 0 bridgehead atoms. The van der Waals surface area contributed by atoms with Gasteiger partial charge in [0.2, 0.25) is 0 Å².